The van der Waals surface area contributed by atoms with E-state index in [0.29, 0.717) is 0 Å². The van der Waals surface area contributed by atoms with Gasteiger partial charge in [0.1, 0.15) is 0 Å². The Hall–Kier alpha value is -1.01. The molecule has 4 heterocycles. The third-order valence-electron chi connectivity index (χ3n) is 9.34. The summed E-state index contributed by atoms with van der Waals surface area (Å²) in [6, 6.07) is 4.14. The zero-order valence-corrected chi connectivity index (χ0v) is 32.2. The van der Waals surface area contributed by atoms with Crippen LogP contribution in [0.5, 0.6) is 0 Å². The topological polar surface area (TPSA) is 25.9 Å². The van der Waals surface area contributed by atoms with E-state index in [1.807, 2.05) is 12.4 Å². The number of nitrogens with zero attached hydrogens (tertiary/aromatic N) is 5. The Bertz CT molecular complexity index is 741. The van der Waals surface area contributed by atoms with Crippen molar-refractivity contribution in [2.45, 2.75) is 115 Å². The van der Waals surface area contributed by atoms with Gasteiger partial charge in [-0.3, -0.25) is 4.98 Å². The van der Waals surface area contributed by atoms with Gasteiger partial charge in [0.05, 0.1) is 0 Å². The van der Waals surface area contributed by atoms with Crippen molar-refractivity contribution < 1.29 is 0 Å². The monoisotopic (exact) mass is 630 g/mol. The van der Waals surface area contributed by atoms with E-state index in [1.165, 1.54) is 116 Å². The lowest BCUT2D eigenvalue weighted by molar-refractivity contribution is 0.127. The Labute approximate surface area is 282 Å². The summed E-state index contributed by atoms with van der Waals surface area (Å²) in [5, 5.41) is 0. The maximum atomic E-state index is 3.95. The van der Waals surface area contributed by atoms with Crippen molar-refractivity contribution in [2.75, 3.05) is 78.5 Å². The summed E-state index contributed by atoms with van der Waals surface area (Å²) in [5.74, 6) is 5.22. The minimum atomic E-state index is 0.738. The maximum absolute atomic E-state index is 3.95. The fourth-order valence-electron chi connectivity index (χ4n) is 6.65. The van der Waals surface area contributed by atoms with E-state index in [9.17, 15) is 0 Å². The second-order valence-corrected chi connectivity index (χ2v) is 16.0. The van der Waals surface area contributed by atoms with Crippen molar-refractivity contribution >= 4 is 0 Å². The predicted molar refractivity (Wildman–Crippen MR) is 200 cm³/mol. The molecule has 0 saturated carbocycles. The molecule has 0 atom stereocenters. The zero-order valence-electron chi connectivity index (χ0n) is 32.2. The summed E-state index contributed by atoms with van der Waals surface area (Å²) < 4.78 is 0. The molecule has 1 aromatic rings. The second kappa shape index (κ2) is 25.1. The number of likely N-dealkylation sites (N-methyl/N-ethyl adjacent to an activating group) is 1. The molecule has 0 unspecified atom stereocenters. The molecule has 5 heteroatoms. The normalized spacial score (nSPS) is 19.6. The van der Waals surface area contributed by atoms with Crippen LogP contribution in [0.25, 0.3) is 0 Å². The zero-order chi connectivity index (χ0) is 33.6. The van der Waals surface area contributed by atoms with E-state index in [0.717, 1.165) is 41.9 Å². The number of aromatic nitrogens is 1. The minimum Gasteiger partial charge on any atom is -0.303 e. The van der Waals surface area contributed by atoms with Gasteiger partial charge in [0.25, 0.3) is 0 Å². The highest BCUT2D eigenvalue weighted by Gasteiger charge is 2.18. The first kappa shape index (κ1) is 42.0. The molecule has 0 aliphatic carbocycles. The Kier molecular flexibility index (Phi) is 23.4. The van der Waals surface area contributed by atoms with Crippen LogP contribution in [0.3, 0.4) is 0 Å². The quantitative estimate of drug-likeness (QED) is 0.258. The Morgan fingerprint density at radius 1 is 0.578 bits per heavy atom. The highest BCUT2D eigenvalue weighted by atomic mass is 15.3. The molecule has 0 bridgehead atoms. The van der Waals surface area contributed by atoms with Gasteiger partial charge in [0.15, 0.2) is 0 Å². The molecule has 1 aromatic heterocycles. The molecule has 3 fully saturated rings. The molecule has 3 aliphatic rings. The van der Waals surface area contributed by atoms with E-state index < -0.39 is 0 Å². The summed E-state index contributed by atoms with van der Waals surface area (Å²) in [6.45, 7) is 40.7. The van der Waals surface area contributed by atoms with Crippen molar-refractivity contribution in [1.82, 2.24) is 24.6 Å². The Morgan fingerprint density at radius 2 is 0.978 bits per heavy atom. The molecule has 0 aromatic carbocycles. The number of likely N-dealkylation sites (tertiary alicyclic amines) is 2. The summed E-state index contributed by atoms with van der Waals surface area (Å²) in [5.41, 5.74) is 1.38. The third kappa shape index (κ3) is 22.2. The lowest BCUT2D eigenvalue weighted by atomic mass is 9.94. The van der Waals surface area contributed by atoms with Crippen LogP contribution in [-0.2, 0) is 6.42 Å². The SMILES string of the molecule is CC(C)CN1CCC(C)CC1.CC(C)Cc1ccncc1.CCC1CCN(CC(C)C)CC1.CCN1CCN(CC(C)C)CC1. The first-order valence-electron chi connectivity index (χ1n) is 19.2. The summed E-state index contributed by atoms with van der Waals surface area (Å²) in [4.78, 5) is 14.3. The van der Waals surface area contributed by atoms with Crippen LogP contribution in [0.1, 0.15) is 114 Å². The van der Waals surface area contributed by atoms with Gasteiger partial charge >= 0.3 is 0 Å². The molecular weight excluding hydrogens is 550 g/mol. The molecule has 4 rings (SSSR count). The highest BCUT2D eigenvalue weighted by Crippen LogP contribution is 2.20. The van der Waals surface area contributed by atoms with Gasteiger partial charge in [-0.15, -0.1) is 0 Å². The van der Waals surface area contributed by atoms with Crippen LogP contribution >= 0.6 is 0 Å². The molecule has 264 valence electrons. The molecule has 5 nitrogen and oxygen atoms in total. The van der Waals surface area contributed by atoms with Crippen molar-refractivity contribution in [3.63, 3.8) is 0 Å². The lowest BCUT2D eigenvalue weighted by Gasteiger charge is -2.34. The largest absolute Gasteiger partial charge is 0.303 e. The predicted octanol–water partition coefficient (Wildman–Crippen LogP) is 8.70. The fraction of sp³-hybridized carbons (Fsp3) is 0.875. The number of piperidine rings is 2. The van der Waals surface area contributed by atoms with E-state index in [4.69, 9.17) is 0 Å². The number of hydrogen-bond donors (Lipinski definition) is 0. The number of pyridine rings is 1. The van der Waals surface area contributed by atoms with Gasteiger partial charge in [-0.05, 0) is 118 Å². The van der Waals surface area contributed by atoms with Crippen LogP contribution in [0.4, 0.5) is 0 Å². The molecule has 0 amide bonds. The summed E-state index contributed by atoms with van der Waals surface area (Å²) >= 11 is 0. The van der Waals surface area contributed by atoms with Gasteiger partial charge in [-0.1, -0.05) is 82.6 Å². The summed E-state index contributed by atoms with van der Waals surface area (Å²) in [6.07, 6.45) is 11.9. The van der Waals surface area contributed by atoms with Crippen molar-refractivity contribution in [3.05, 3.63) is 30.1 Å². The van der Waals surface area contributed by atoms with Crippen LogP contribution in [0, 0.1) is 35.5 Å². The number of piperazine rings is 1. The lowest BCUT2D eigenvalue weighted by Crippen LogP contribution is -2.47. The van der Waals surface area contributed by atoms with E-state index in [-0.39, 0.29) is 0 Å². The van der Waals surface area contributed by atoms with Crippen LogP contribution < -0.4 is 0 Å². The number of hydrogen-bond acceptors (Lipinski definition) is 5. The fourth-order valence-corrected chi connectivity index (χ4v) is 6.65. The molecule has 0 N–H and O–H groups in total. The van der Waals surface area contributed by atoms with Gasteiger partial charge < -0.3 is 19.6 Å². The molecule has 0 radical (unpaired) electrons. The maximum Gasteiger partial charge on any atom is 0.0270 e. The second-order valence-electron chi connectivity index (χ2n) is 16.0. The van der Waals surface area contributed by atoms with Crippen LogP contribution in [0.2, 0.25) is 0 Å². The summed E-state index contributed by atoms with van der Waals surface area (Å²) in [7, 11) is 0. The molecule has 3 aliphatic heterocycles. The van der Waals surface area contributed by atoms with Crippen molar-refractivity contribution in [3.8, 4) is 0 Å². The molecule has 0 spiro atoms. The molecular formula is C40H79N5. The van der Waals surface area contributed by atoms with Crippen molar-refractivity contribution in [1.29, 1.82) is 0 Å². The van der Waals surface area contributed by atoms with Gasteiger partial charge in [-0.2, -0.15) is 0 Å². The van der Waals surface area contributed by atoms with Crippen LogP contribution in [-0.4, -0.2) is 103 Å². The average Bonchev–Trinajstić information content (AvgIpc) is 2.99. The van der Waals surface area contributed by atoms with Crippen molar-refractivity contribution in [2.24, 2.45) is 35.5 Å². The smallest absolute Gasteiger partial charge is 0.0270 e. The number of rotatable bonds is 10. The Morgan fingerprint density at radius 3 is 1.36 bits per heavy atom. The average molecular weight is 630 g/mol. The third-order valence-corrected chi connectivity index (χ3v) is 9.34. The minimum absolute atomic E-state index is 0.738. The first-order valence-corrected chi connectivity index (χ1v) is 19.2. The van der Waals surface area contributed by atoms with Gasteiger partial charge in [0.2, 0.25) is 0 Å². The standard InChI is InChI=1S/C11H23N.C10H22N2.C10H21N.C9H13N/c2*1-4-11-5-7-12(8-6-11)9-10(2)3;1-9(2)8-11-6-4-10(3)5-7-11;1-8(2)7-9-3-5-10-6-4-9/h10-11H,4-9H2,1-3H3;10H,4-9H2,1-3H3;9-10H,4-8H2,1-3H3;3-6,8H,7H2,1-2H3. The Balaban J connectivity index is 0.000000301. The molecule has 3 saturated heterocycles. The molecule has 45 heavy (non-hydrogen) atoms. The van der Waals surface area contributed by atoms with E-state index in [1.54, 1.807) is 0 Å². The van der Waals surface area contributed by atoms with Gasteiger partial charge in [0, 0.05) is 58.2 Å². The van der Waals surface area contributed by atoms with E-state index >= 15 is 0 Å². The highest BCUT2D eigenvalue weighted by molar-refractivity contribution is 5.09. The van der Waals surface area contributed by atoms with E-state index in [2.05, 4.69) is 113 Å². The first-order chi connectivity index (χ1) is 21.4. The van der Waals surface area contributed by atoms with Crippen LogP contribution in [0.15, 0.2) is 24.5 Å². The van der Waals surface area contributed by atoms with Gasteiger partial charge in [-0.25, -0.2) is 0 Å².